The molecule has 0 aromatic carbocycles. The van der Waals surface area contributed by atoms with E-state index in [1.165, 1.54) is 44.9 Å². The Bertz CT molecular complexity index is 1150. The molecule has 13 nitrogen and oxygen atoms in total. The van der Waals surface area contributed by atoms with Crippen LogP contribution in [0.4, 0.5) is 0 Å². The summed E-state index contributed by atoms with van der Waals surface area (Å²) in [6.07, 6.45) is 17.5. The van der Waals surface area contributed by atoms with Crippen LogP contribution in [0, 0.1) is 11.8 Å². The number of ketones is 1. The van der Waals surface area contributed by atoms with Crippen LogP contribution in [-0.4, -0.2) is 114 Å². The lowest BCUT2D eigenvalue weighted by Gasteiger charge is -2.24. The molecule has 7 atom stereocenters. The molecular weight excluding hydrogens is 741 g/mol. The summed E-state index contributed by atoms with van der Waals surface area (Å²) in [7, 11) is 1.28. The van der Waals surface area contributed by atoms with Crippen LogP contribution in [0.5, 0.6) is 0 Å². The number of ether oxygens (including phenoxy) is 2. The number of aliphatic hydroxyl groups excluding tert-OH is 3. The van der Waals surface area contributed by atoms with E-state index in [2.05, 4.69) is 13.8 Å². The number of hydrogen-bond donors (Lipinski definition) is 4. The van der Waals surface area contributed by atoms with Crippen molar-refractivity contribution in [3.8, 4) is 0 Å². The van der Waals surface area contributed by atoms with Crippen molar-refractivity contribution < 1.29 is 62.2 Å². The van der Waals surface area contributed by atoms with E-state index in [9.17, 15) is 39.2 Å². The van der Waals surface area contributed by atoms with Crippen LogP contribution in [0.15, 0.2) is 12.2 Å². The van der Waals surface area contributed by atoms with E-state index in [1.54, 1.807) is 12.2 Å². The second kappa shape index (κ2) is 30.4. The molecule has 328 valence electrons. The topological polar surface area (TPSA) is 186 Å². The monoisotopic (exact) mass is 821 g/mol. The van der Waals surface area contributed by atoms with Gasteiger partial charge in [0.2, 0.25) is 0 Å². The lowest BCUT2D eigenvalue weighted by Crippen LogP contribution is -2.37. The van der Waals surface area contributed by atoms with Crippen LogP contribution in [0.3, 0.4) is 0 Å². The Kier molecular flexibility index (Phi) is 28.4. The Balaban J connectivity index is 2.54. The van der Waals surface area contributed by atoms with E-state index < -0.39 is 62.6 Å². The van der Waals surface area contributed by atoms with E-state index in [0.717, 1.165) is 38.5 Å². The van der Waals surface area contributed by atoms with E-state index in [-0.39, 0.29) is 51.1 Å². The van der Waals surface area contributed by atoms with Gasteiger partial charge in [-0.05, 0) is 25.7 Å². The van der Waals surface area contributed by atoms with Gasteiger partial charge in [-0.1, -0.05) is 109 Å². The maximum Gasteiger partial charge on any atom is 0.472 e. The van der Waals surface area contributed by atoms with Crippen molar-refractivity contribution in [2.24, 2.45) is 11.8 Å². The van der Waals surface area contributed by atoms with Gasteiger partial charge in [-0.25, -0.2) is 4.57 Å². The van der Waals surface area contributed by atoms with Crippen LogP contribution in [0.1, 0.15) is 155 Å². The molecule has 4 N–H and O–H groups in total. The summed E-state index contributed by atoms with van der Waals surface area (Å²) in [5.41, 5.74) is 0. The lowest BCUT2D eigenvalue weighted by molar-refractivity contribution is -0.870. The predicted molar refractivity (Wildman–Crippen MR) is 218 cm³/mol. The lowest BCUT2D eigenvalue weighted by atomic mass is 9.87. The third-order valence-electron chi connectivity index (χ3n) is 10.3. The zero-order chi connectivity index (χ0) is 41.8. The van der Waals surface area contributed by atoms with Crippen molar-refractivity contribution in [1.29, 1.82) is 0 Å². The minimum absolute atomic E-state index is 0.00620. The summed E-state index contributed by atoms with van der Waals surface area (Å²) < 4.78 is 34.1. The Hall–Kier alpha value is -1.70. The Morgan fingerprint density at radius 3 is 1.93 bits per heavy atom. The molecule has 1 saturated carbocycles. The largest absolute Gasteiger partial charge is 0.472 e. The fraction of sp³-hybridized carbons (Fsp3) is 0.881. The highest BCUT2D eigenvalue weighted by atomic mass is 31.2. The second-order valence-electron chi connectivity index (χ2n) is 16.7. The molecule has 1 rings (SSSR count). The zero-order valence-corrected chi connectivity index (χ0v) is 36.3. The van der Waals surface area contributed by atoms with E-state index >= 15 is 0 Å². The van der Waals surface area contributed by atoms with Gasteiger partial charge in [-0.2, -0.15) is 0 Å². The van der Waals surface area contributed by atoms with Crippen molar-refractivity contribution in [1.82, 2.24) is 0 Å². The van der Waals surface area contributed by atoms with Crippen molar-refractivity contribution in [3.63, 3.8) is 0 Å². The minimum Gasteiger partial charge on any atom is -0.462 e. The van der Waals surface area contributed by atoms with Gasteiger partial charge in [0.05, 0.1) is 46.1 Å². The summed E-state index contributed by atoms with van der Waals surface area (Å²) in [5.74, 6) is -2.05. The van der Waals surface area contributed by atoms with Crippen molar-refractivity contribution in [2.45, 2.75) is 180 Å². The first kappa shape index (κ1) is 52.3. The number of quaternary nitrogens is 1. The zero-order valence-electron chi connectivity index (χ0n) is 35.5. The third-order valence-corrected chi connectivity index (χ3v) is 11.3. The fourth-order valence-electron chi connectivity index (χ4n) is 6.77. The van der Waals surface area contributed by atoms with Crippen LogP contribution in [0.2, 0.25) is 0 Å². The normalized spacial score (nSPS) is 20.9. The maximum absolute atomic E-state index is 12.8. The molecule has 0 spiro atoms. The van der Waals surface area contributed by atoms with E-state index in [4.69, 9.17) is 18.5 Å². The number of carbonyl (C=O) groups is 3. The van der Waals surface area contributed by atoms with Crippen LogP contribution in [-0.2, 0) is 37.5 Å². The fourth-order valence-corrected chi connectivity index (χ4v) is 7.52. The first-order chi connectivity index (χ1) is 26.6. The number of esters is 2. The van der Waals surface area contributed by atoms with Gasteiger partial charge in [-0.3, -0.25) is 23.4 Å². The van der Waals surface area contributed by atoms with Gasteiger partial charge >= 0.3 is 19.8 Å². The summed E-state index contributed by atoms with van der Waals surface area (Å²) >= 11 is 0. The molecule has 0 aromatic heterocycles. The first-order valence-electron chi connectivity index (χ1n) is 21.6. The molecule has 0 heterocycles. The molecule has 1 aliphatic rings. The Morgan fingerprint density at radius 2 is 1.30 bits per heavy atom. The number of phosphoric acid groups is 1. The number of rotatable bonds is 35. The minimum atomic E-state index is -4.46. The smallest absolute Gasteiger partial charge is 0.462 e. The number of Topliss-reactive ketones (excluding diaryl/α,β-unsaturated/α-hetero) is 1. The second-order valence-corrected chi connectivity index (χ2v) is 18.2. The molecule has 1 fully saturated rings. The molecule has 1 aliphatic carbocycles. The van der Waals surface area contributed by atoms with Crippen LogP contribution < -0.4 is 0 Å². The molecule has 0 aliphatic heterocycles. The molecule has 0 saturated heterocycles. The average molecular weight is 821 g/mol. The quantitative estimate of drug-likeness (QED) is 0.0164. The van der Waals surface area contributed by atoms with Gasteiger partial charge in [0.25, 0.3) is 0 Å². The summed E-state index contributed by atoms with van der Waals surface area (Å²) in [6.45, 7) is 3.87. The van der Waals surface area contributed by atoms with Gasteiger partial charge in [0.1, 0.15) is 25.5 Å². The Morgan fingerprint density at radius 1 is 0.750 bits per heavy atom. The van der Waals surface area contributed by atoms with E-state index in [1.807, 2.05) is 21.1 Å². The summed E-state index contributed by atoms with van der Waals surface area (Å²) in [5, 5.41) is 31.3. The van der Waals surface area contributed by atoms with Crippen molar-refractivity contribution in [3.05, 3.63) is 12.2 Å². The third kappa shape index (κ3) is 27.1. The van der Waals surface area contributed by atoms with Gasteiger partial charge in [-0.15, -0.1) is 0 Å². The number of carbonyl (C=O) groups excluding carboxylic acids is 3. The molecular formula is C42H79NO12P+. The number of unbranched alkanes of at least 4 members (excludes halogenated alkanes) is 13. The number of phosphoric ester groups is 1. The molecule has 0 bridgehead atoms. The van der Waals surface area contributed by atoms with Gasteiger partial charge < -0.3 is 34.2 Å². The number of hydrogen-bond acceptors (Lipinski definition) is 11. The Labute approximate surface area is 338 Å². The molecule has 56 heavy (non-hydrogen) atoms. The van der Waals surface area contributed by atoms with E-state index in [0.29, 0.717) is 36.7 Å². The highest BCUT2D eigenvalue weighted by Crippen LogP contribution is 2.43. The number of nitrogens with zero attached hydrogens (tertiary/aromatic N) is 1. The standard InChI is InChI=1S/C42H78NO12P/c1-6-8-10-11-12-13-14-15-16-17-19-25-42(49)55-36(33-54-56(50,51)53-29-28-43(3,4)5)32-52-41(48)24-21-20-23-35(45)30-38-37(39(46)31-40(38)47)27-26-34(44)22-18-9-7-2/h26-27,34,36-40,44,46-47H,6-25,28-33H2,1-5H3/p+1/b27-26+/t34-,36+,37+,38+,39+,40-/m0/s1. The van der Waals surface area contributed by atoms with Crippen LogP contribution in [0.25, 0.3) is 0 Å². The highest BCUT2D eigenvalue weighted by Gasteiger charge is 2.41. The average Bonchev–Trinajstić information content (AvgIpc) is 3.39. The highest BCUT2D eigenvalue weighted by molar-refractivity contribution is 7.47. The van der Waals surface area contributed by atoms with Gasteiger partial charge in [0, 0.05) is 43.9 Å². The number of aliphatic hydroxyl groups is 3. The molecule has 0 radical (unpaired) electrons. The van der Waals surface area contributed by atoms with Crippen molar-refractivity contribution >= 4 is 25.5 Å². The molecule has 1 unspecified atom stereocenters. The summed E-state index contributed by atoms with van der Waals surface area (Å²) in [6, 6.07) is 0. The van der Waals surface area contributed by atoms with Gasteiger partial charge in [0.15, 0.2) is 6.10 Å². The summed E-state index contributed by atoms with van der Waals surface area (Å²) in [4.78, 5) is 48.3. The number of likely N-dealkylation sites (N-methyl/N-ethyl adjacent to an activating group) is 1. The maximum atomic E-state index is 12.8. The molecule has 14 heteroatoms. The van der Waals surface area contributed by atoms with Crippen LogP contribution >= 0.6 is 7.82 Å². The molecule has 0 aromatic rings. The SMILES string of the molecule is CCCCCCCCCCCCCC(=O)O[C@H](COC(=O)CCCCC(=O)C[C@@H]1[C@@H](/C=C/[C@@H](O)CCCCC)[C@H](O)C[C@@H]1O)COP(=O)(O)OCC[N+](C)(C)C. The van der Waals surface area contributed by atoms with Crippen molar-refractivity contribution in [2.75, 3.05) is 47.5 Å². The molecule has 0 amide bonds. The first-order valence-corrected chi connectivity index (χ1v) is 23.1. The predicted octanol–water partition coefficient (Wildman–Crippen LogP) is 7.36.